The van der Waals surface area contributed by atoms with Crippen LogP contribution in [0.15, 0.2) is 41.8 Å². The van der Waals surface area contributed by atoms with Crippen molar-refractivity contribution in [2.45, 2.75) is 13.1 Å². The molecule has 1 heterocycles. The Hall–Kier alpha value is -3.17. The highest BCUT2D eigenvalue weighted by atomic mass is 19.4. The van der Waals surface area contributed by atoms with Gasteiger partial charge >= 0.3 is 18.0 Å². The van der Waals surface area contributed by atoms with E-state index in [9.17, 15) is 28.1 Å². The van der Waals surface area contributed by atoms with Crippen molar-refractivity contribution in [3.63, 3.8) is 0 Å². The van der Waals surface area contributed by atoms with Gasteiger partial charge in [0.15, 0.2) is 16.5 Å². The van der Waals surface area contributed by atoms with Gasteiger partial charge in [-0.25, -0.2) is 9.52 Å². The maximum atomic E-state index is 13.0. The summed E-state index contributed by atoms with van der Waals surface area (Å²) in [6, 6.07) is 5.12. The van der Waals surface area contributed by atoms with Gasteiger partial charge in [-0.3, -0.25) is 0 Å². The molecule has 0 amide bonds. The van der Waals surface area contributed by atoms with E-state index in [-0.39, 0.29) is 16.0 Å². The van der Waals surface area contributed by atoms with Gasteiger partial charge in [-0.2, -0.15) is 13.2 Å². The van der Waals surface area contributed by atoms with Crippen LogP contribution in [0.3, 0.4) is 0 Å². The molecule has 0 fully saturated rings. The normalized spacial score (nSPS) is 11.2. The molecule has 126 valence electrons. The fraction of sp³-hybridized carbons (Fsp3) is 0.143. The number of benzene rings is 1. The molecule has 10 heteroatoms. The molecule has 0 saturated carbocycles. The van der Waals surface area contributed by atoms with Gasteiger partial charge < -0.3 is 10.3 Å². The number of carboxylic acid groups (broad SMARTS) is 1. The molecule has 0 aliphatic carbocycles. The number of anilines is 2. The number of hydrogen-bond acceptors (Lipinski definition) is 4. The first kappa shape index (κ1) is 17.2. The molecule has 2 aromatic rings. The van der Waals surface area contributed by atoms with Crippen molar-refractivity contribution in [3.05, 3.63) is 63.3 Å². The van der Waals surface area contributed by atoms with E-state index in [4.69, 9.17) is 5.11 Å². The Labute approximate surface area is 133 Å². The predicted molar refractivity (Wildman–Crippen MR) is 76.5 cm³/mol. The Morgan fingerprint density at radius 2 is 1.96 bits per heavy atom. The van der Waals surface area contributed by atoms with E-state index < -0.39 is 29.1 Å². The van der Waals surface area contributed by atoms with Crippen LogP contribution in [0.5, 0.6) is 0 Å². The Morgan fingerprint density at radius 1 is 1.29 bits per heavy atom. The number of aromatic nitrogens is 1. The van der Waals surface area contributed by atoms with E-state index in [1.165, 1.54) is 0 Å². The van der Waals surface area contributed by atoms with Crippen LogP contribution < -0.4 is 9.74 Å². The molecule has 24 heavy (non-hydrogen) atoms. The number of carboxylic acids is 1. The topological polar surface area (TPSA) is 96.9 Å². The smallest absolute Gasteiger partial charge is 0.416 e. The van der Waals surface area contributed by atoms with Crippen molar-refractivity contribution >= 4 is 17.5 Å². The second kappa shape index (κ2) is 6.14. The van der Waals surface area contributed by atoms with Gasteiger partial charge in [0, 0.05) is 5.56 Å². The molecule has 1 aromatic heterocycles. The van der Waals surface area contributed by atoms with E-state index >= 15 is 0 Å². The van der Waals surface area contributed by atoms with Crippen molar-refractivity contribution in [1.82, 2.24) is 0 Å². The number of halogens is 3. The van der Waals surface area contributed by atoms with Crippen molar-refractivity contribution in [2.24, 2.45) is 5.29 Å². The first-order valence-electron chi connectivity index (χ1n) is 6.44. The fourth-order valence-electron chi connectivity index (χ4n) is 2.21. The molecule has 0 unspecified atom stereocenters. The highest BCUT2D eigenvalue weighted by molar-refractivity contribution is 5.93. The number of carbonyl (C=O) groups is 1. The molecule has 2 rings (SSSR count). The number of nitrogens with zero attached hydrogens (tertiary/aromatic N) is 3. The standard InChI is InChI=1S/C14H10F3N3O4/c1-8-10(14(15,16)17)5-2-6-11(8)20(18-23)12-9(13(21)22)4-3-7-19(12)24/h2-7H,1H3,(H,21,22). The molecular weight excluding hydrogens is 331 g/mol. The van der Waals surface area contributed by atoms with Gasteiger partial charge in [-0.1, -0.05) is 11.1 Å². The summed E-state index contributed by atoms with van der Waals surface area (Å²) in [5, 5.41) is 23.9. The monoisotopic (exact) mass is 341 g/mol. The quantitative estimate of drug-likeness (QED) is 0.399. The van der Waals surface area contributed by atoms with Crippen LogP contribution in [0.2, 0.25) is 0 Å². The molecular formula is C14H10F3N3O4. The highest BCUT2D eigenvalue weighted by Gasteiger charge is 2.37. The van der Waals surface area contributed by atoms with Crippen LogP contribution >= 0.6 is 0 Å². The van der Waals surface area contributed by atoms with Crippen molar-refractivity contribution in [1.29, 1.82) is 0 Å². The Balaban J connectivity index is 2.72. The van der Waals surface area contributed by atoms with Crippen molar-refractivity contribution in [2.75, 3.05) is 5.01 Å². The summed E-state index contributed by atoms with van der Waals surface area (Å²) in [5.41, 5.74) is -2.33. The SMILES string of the molecule is Cc1c(N(N=O)c2c(C(=O)O)ccc[n+]2[O-])cccc1C(F)(F)F. The minimum absolute atomic E-state index is 0.0462. The Morgan fingerprint density at radius 3 is 2.50 bits per heavy atom. The number of pyridine rings is 1. The van der Waals surface area contributed by atoms with Gasteiger partial charge in [0.1, 0.15) is 0 Å². The number of rotatable bonds is 4. The maximum absolute atomic E-state index is 13.0. The number of aromatic carboxylic acids is 1. The van der Waals surface area contributed by atoms with Crippen molar-refractivity contribution in [3.8, 4) is 0 Å². The summed E-state index contributed by atoms with van der Waals surface area (Å²) in [6.45, 7) is 1.09. The van der Waals surface area contributed by atoms with Crippen LogP contribution in [0.1, 0.15) is 21.5 Å². The summed E-state index contributed by atoms with van der Waals surface area (Å²) in [5.74, 6) is -2.24. The summed E-state index contributed by atoms with van der Waals surface area (Å²) >= 11 is 0. The lowest BCUT2D eigenvalue weighted by molar-refractivity contribution is -0.592. The lowest BCUT2D eigenvalue weighted by atomic mass is 10.1. The van der Waals surface area contributed by atoms with Crippen LogP contribution in [-0.2, 0) is 6.18 Å². The van der Waals surface area contributed by atoms with Gasteiger partial charge in [0.2, 0.25) is 0 Å². The molecule has 0 aliphatic rings. The summed E-state index contributed by atoms with van der Waals surface area (Å²) < 4.78 is 39.0. The third-order valence-electron chi connectivity index (χ3n) is 3.29. The van der Waals surface area contributed by atoms with Crippen molar-refractivity contribution < 1.29 is 27.8 Å². The zero-order valence-corrected chi connectivity index (χ0v) is 12.1. The summed E-state index contributed by atoms with van der Waals surface area (Å²) in [6.07, 6.45) is -3.78. The van der Waals surface area contributed by atoms with Crippen LogP contribution in [0.25, 0.3) is 0 Å². The maximum Gasteiger partial charge on any atom is 0.416 e. The molecule has 0 spiro atoms. The molecule has 1 N–H and O–H groups in total. The summed E-state index contributed by atoms with van der Waals surface area (Å²) in [4.78, 5) is 22.4. The fourth-order valence-corrected chi connectivity index (χ4v) is 2.21. The van der Waals surface area contributed by atoms with Gasteiger partial charge in [0.05, 0.1) is 11.8 Å². The van der Waals surface area contributed by atoms with Gasteiger partial charge in [0.25, 0.3) is 0 Å². The zero-order valence-electron chi connectivity index (χ0n) is 12.1. The lowest BCUT2D eigenvalue weighted by Gasteiger charge is -2.18. The van der Waals surface area contributed by atoms with E-state index in [1.54, 1.807) is 0 Å². The first-order valence-corrected chi connectivity index (χ1v) is 6.44. The third kappa shape index (κ3) is 2.98. The van der Waals surface area contributed by atoms with Gasteiger partial charge in [-0.05, 0) is 31.2 Å². The van der Waals surface area contributed by atoms with Gasteiger partial charge in [-0.15, -0.1) is 4.91 Å². The molecule has 0 saturated heterocycles. The molecule has 0 bridgehead atoms. The minimum atomic E-state index is -4.69. The zero-order chi connectivity index (χ0) is 18.1. The minimum Gasteiger partial charge on any atom is -0.711 e. The second-order valence-corrected chi connectivity index (χ2v) is 4.72. The second-order valence-electron chi connectivity index (χ2n) is 4.72. The summed E-state index contributed by atoms with van der Waals surface area (Å²) in [7, 11) is 0. The Kier molecular flexibility index (Phi) is 4.40. The van der Waals surface area contributed by atoms with Crippen LogP contribution in [-0.4, -0.2) is 11.1 Å². The molecule has 0 radical (unpaired) electrons. The molecule has 1 aromatic carbocycles. The molecule has 0 aliphatic heterocycles. The Bertz CT molecular complexity index is 808. The first-order chi connectivity index (χ1) is 11.2. The van der Waals surface area contributed by atoms with Crippen LogP contribution in [0, 0.1) is 17.0 Å². The van der Waals surface area contributed by atoms with E-state index in [2.05, 4.69) is 5.29 Å². The lowest BCUT2D eigenvalue weighted by Crippen LogP contribution is -2.35. The van der Waals surface area contributed by atoms with Crippen LogP contribution in [0.4, 0.5) is 24.7 Å². The predicted octanol–water partition coefficient (Wildman–Crippen LogP) is 3.16. The third-order valence-corrected chi connectivity index (χ3v) is 3.29. The molecule has 7 nitrogen and oxygen atoms in total. The highest BCUT2D eigenvalue weighted by Crippen LogP contribution is 2.37. The van der Waals surface area contributed by atoms with E-state index in [1.807, 2.05) is 0 Å². The number of hydrogen-bond donors (Lipinski definition) is 1. The average molecular weight is 341 g/mol. The largest absolute Gasteiger partial charge is 0.711 e. The number of alkyl halides is 3. The van der Waals surface area contributed by atoms with E-state index in [0.717, 1.165) is 43.5 Å². The number of nitroso groups, excluding NO2 is 1. The van der Waals surface area contributed by atoms with E-state index in [0.29, 0.717) is 5.01 Å². The molecule has 0 atom stereocenters. The average Bonchev–Trinajstić information content (AvgIpc) is 2.49.